The first-order chi connectivity index (χ1) is 14.9. The van der Waals surface area contributed by atoms with Crippen LogP contribution >= 0.6 is 0 Å². The highest BCUT2D eigenvalue weighted by atomic mass is 19.4. The van der Waals surface area contributed by atoms with E-state index in [2.05, 4.69) is 10.2 Å². The van der Waals surface area contributed by atoms with Crippen molar-refractivity contribution in [2.45, 2.75) is 24.2 Å². The summed E-state index contributed by atoms with van der Waals surface area (Å²) in [5.74, 6) is -1.89. The Hall–Kier alpha value is -3.12. The van der Waals surface area contributed by atoms with Gasteiger partial charge in [0, 0.05) is 19.1 Å². The number of alkyl halides is 3. The topological polar surface area (TPSA) is 32.3 Å². The van der Waals surface area contributed by atoms with Crippen LogP contribution in [0.25, 0.3) is 0 Å². The maximum atomic E-state index is 12.8. The summed E-state index contributed by atoms with van der Waals surface area (Å²) in [6.07, 6.45) is -4.45. The molecule has 4 rings (SSSR count). The molecule has 3 aromatic carbocycles. The molecule has 1 aliphatic heterocycles. The Balaban J connectivity index is 1.81. The van der Waals surface area contributed by atoms with E-state index < -0.39 is 23.7 Å². The van der Waals surface area contributed by atoms with E-state index in [0.717, 1.165) is 16.7 Å². The number of carbonyl (C=O) groups is 1. The van der Waals surface area contributed by atoms with Crippen LogP contribution in [-0.2, 0) is 10.3 Å². The summed E-state index contributed by atoms with van der Waals surface area (Å²) in [5.41, 5.74) is 2.38. The van der Waals surface area contributed by atoms with E-state index >= 15 is 0 Å². The Morgan fingerprint density at radius 1 is 0.774 bits per heavy atom. The number of benzene rings is 3. The predicted octanol–water partition coefficient (Wildman–Crippen LogP) is 4.73. The minimum absolute atomic E-state index is 0.306. The molecule has 0 saturated carbocycles. The Bertz CT molecular complexity index is 911. The standard InChI is InChI=1S/C25H23F3N2O/c26-25(27,28)23(31)29-22-16-17-30(18-22)24(19-10-4-1-5-11-19,20-12-6-2-7-13-20)21-14-8-3-9-15-21/h1-15,22H,16-18H2,(H,29,31). The normalized spacial score (nSPS) is 17.5. The molecule has 0 spiro atoms. The largest absolute Gasteiger partial charge is 0.471 e. The molecular formula is C25H23F3N2O. The van der Waals surface area contributed by atoms with Crippen LogP contribution in [-0.4, -0.2) is 36.1 Å². The van der Waals surface area contributed by atoms with Gasteiger partial charge in [0.2, 0.25) is 0 Å². The molecule has 1 saturated heterocycles. The van der Waals surface area contributed by atoms with Crippen LogP contribution < -0.4 is 5.32 Å². The van der Waals surface area contributed by atoms with Crippen molar-refractivity contribution < 1.29 is 18.0 Å². The lowest BCUT2D eigenvalue weighted by atomic mass is 9.75. The number of nitrogens with zero attached hydrogens (tertiary/aromatic N) is 1. The van der Waals surface area contributed by atoms with Gasteiger partial charge in [0.05, 0.1) is 5.54 Å². The van der Waals surface area contributed by atoms with Crippen molar-refractivity contribution >= 4 is 5.91 Å². The predicted molar refractivity (Wildman–Crippen MR) is 113 cm³/mol. The number of rotatable bonds is 5. The van der Waals surface area contributed by atoms with E-state index in [9.17, 15) is 18.0 Å². The summed E-state index contributed by atoms with van der Waals surface area (Å²) >= 11 is 0. The second kappa shape index (κ2) is 8.55. The highest BCUT2D eigenvalue weighted by Gasteiger charge is 2.46. The first-order valence-corrected chi connectivity index (χ1v) is 10.2. The van der Waals surface area contributed by atoms with Gasteiger partial charge in [-0.05, 0) is 23.1 Å². The molecule has 3 nitrogen and oxygen atoms in total. The van der Waals surface area contributed by atoms with Crippen LogP contribution in [0.5, 0.6) is 0 Å². The number of hydrogen-bond donors (Lipinski definition) is 1. The third-order valence-corrected chi connectivity index (χ3v) is 5.83. The molecule has 1 amide bonds. The van der Waals surface area contributed by atoms with Gasteiger partial charge in [-0.3, -0.25) is 9.69 Å². The molecular weight excluding hydrogens is 401 g/mol. The summed E-state index contributed by atoms with van der Waals surface area (Å²) in [7, 11) is 0. The fraction of sp³-hybridized carbons (Fsp3) is 0.240. The van der Waals surface area contributed by atoms with Crippen LogP contribution in [0.4, 0.5) is 13.2 Å². The van der Waals surface area contributed by atoms with Gasteiger partial charge in [0.1, 0.15) is 0 Å². The number of nitrogens with one attached hydrogen (secondary N) is 1. The fourth-order valence-electron chi connectivity index (χ4n) is 4.54. The third-order valence-electron chi connectivity index (χ3n) is 5.83. The van der Waals surface area contributed by atoms with Gasteiger partial charge < -0.3 is 5.32 Å². The lowest BCUT2D eigenvalue weighted by molar-refractivity contribution is -0.174. The van der Waals surface area contributed by atoms with E-state index in [1.54, 1.807) is 0 Å². The van der Waals surface area contributed by atoms with Gasteiger partial charge in [-0.2, -0.15) is 13.2 Å². The molecule has 0 aromatic heterocycles. The van der Waals surface area contributed by atoms with E-state index in [0.29, 0.717) is 19.5 Å². The molecule has 1 N–H and O–H groups in total. The maximum Gasteiger partial charge on any atom is 0.471 e. The number of carbonyl (C=O) groups excluding carboxylic acids is 1. The summed E-state index contributed by atoms with van der Waals surface area (Å²) < 4.78 is 38.4. The van der Waals surface area contributed by atoms with Crippen molar-refractivity contribution in [3.63, 3.8) is 0 Å². The zero-order valence-electron chi connectivity index (χ0n) is 16.8. The molecule has 1 atom stereocenters. The third kappa shape index (κ3) is 4.08. The molecule has 0 bridgehead atoms. The highest BCUT2D eigenvalue weighted by Crippen LogP contribution is 2.44. The molecule has 0 aliphatic carbocycles. The second-order valence-electron chi connectivity index (χ2n) is 7.71. The van der Waals surface area contributed by atoms with Crippen molar-refractivity contribution in [1.82, 2.24) is 10.2 Å². The van der Waals surface area contributed by atoms with Crippen LogP contribution in [0.3, 0.4) is 0 Å². The first kappa shape index (κ1) is 21.1. The lowest BCUT2D eigenvalue weighted by Gasteiger charge is -2.44. The molecule has 0 radical (unpaired) electrons. The maximum absolute atomic E-state index is 12.8. The van der Waals surface area contributed by atoms with Crippen molar-refractivity contribution in [3.05, 3.63) is 108 Å². The SMILES string of the molecule is O=C(NC1CCN(C(c2ccccc2)(c2ccccc2)c2ccccc2)C1)C(F)(F)F. The average Bonchev–Trinajstić information content (AvgIpc) is 3.24. The first-order valence-electron chi connectivity index (χ1n) is 10.2. The Labute approximate surface area is 179 Å². The molecule has 160 valence electrons. The highest BCUT2D eigenvalue weighted by molar-refractivity contribution is 5.82. The zero-order valence-corrected chi connectivity index (χ0v) is 16.8. The van der Waals surface area contributed by atoms with Crippen molar-refractivity contribution in [1.29, 1.82) is 0 Å². The lowest BCUT2D eigenvalue weighted by Crippen LogP contribution is -2.49. The monoisotopic (exact) mass is 424 g/mol. The van der Waals surface area contributed by atoms with Crippen LogP contribution in [0.15, 0.2) is 91.0 Å². The Morgan fingerprint density at radius 2 is 1.19 bits per heavy atom. The van der Waals surface area contributed by atoms with Crippen molar-refractivity contribution in [3.8, 4) is 0 Å². The number of likely N-dealkylation sites (tertiary alicyclic amines) is 1. The fourth-order valence-corrected chi connectivity index (χ4v) is 4.54. The Morgan fingerprint density at radius 3 is 1.58 bits per heavy atom. The summed E-state index contributed by atoms with van der Waals surface area (Å²) in [6.45, 7) is 0.849. The van der Waals surface area contributed by atoms with Crippen LogP contribution in [0.1, 0.15) is 23.1 Å². The smallest absolute Gasteiger partial charge is 0.344 e. The van der Waals surface area contributed by atoms with Crippen molar-refractivity contribution in [2.24, 2.45) is 0 Å². The molecule has 6 heteroatoms. The van der Waals surface area contributed by atoms with E-state index in [1.165, 1.54) is 0 Å². The van der Waals surface area contributed by atoms with Gasteiger partial charge in [0.25, 0.3) is 0 Å². The molecule has 1 heterocycles. The summed E-state index contributed by atoms with van der Waals surface area (Å²) in [5, 5.41) is 2.17. The van der Waals surface area contributed by atoms with Gasteiger partial charge in [-0.25, -0.2) is 0 Å². The minimum atomic E-state index is -4.89. The van der Waals surface area contributed by atoms with E-state index in [1.807, 2.05) is 91.0 Å². The van der Waals surface area contributed by atoms with Gasteiger partial charge in [-0.15, -0.1) is 0 Å². The Kier molecular flexibility index (Phi) is 5.83. The molecule has 3 aromatic rings. The second-order valence-corrected chi connectivity index (χ2v) is 7.71. The molecule has 1 fully saturated rings. The van der Waals surface area contributed by atoms with Crippen LogP contribution in [0, 0.1) is 0 Å². The van der Waals surface area contributed by atoms with Gasteiger partial charge in [-0.1, -0.05) is 91.0 Å². The molecule has 31 heavy (non-hydrogen) atoms. The number of amides is 1. The number of halogens is 3. The van der Waals surface area contributed by atoms with E-state index in [4.69, 9.17) is 0 Å². The summed E-state index contributed by atoms with van der Waals surface area (Å²) in [6, 6.07) is 29.3. The van der Waals surface area contributed by atoms with Gasteiger partial charge >= 0.3 is 12.1 Å². The van der Waals surface area contributed by atoms with E-state index in [-0.39, 0.29) is 0 Å². The summed E-state index contributed by atoms with van der Waals surface area (Å²) in [4.78, 5) is 13.7. The van der Waals surface area contributed by atoms with Crippen LogP contribution in [0.2, 0.25) is 0 Å². The zero-order chi connectivity index (χ0) is 21.9. The quantitative estimate of drug-likeness (QED) is 0.601. The molecule has 1 unspecified atom stereocenters. The van der Waals surface area contributed by atoms with Gasteiger partial charge in [0.15, 0.2) is 0 Å². The molecule has 1 aliphatic rings. The van der Waals surface area contributed by atoms with Crippen molar-refractivity contribution in [2.75, 3.05) is 13.1 Å². The average molecular weight is 424 g/mol. The number of hydrogen-bond acceptors (Lipinski definition) is 2. The minimum Gasteiger partial charge on any atom is -0.344 e.